The number of methoxy groups -OCH3 is 1. The summed E-state index contributed by atoms with van der Waals surface area (Å²) in [6.45, 7) is 0. The summed E-state index contributed by atoms with van der Waals surface area (Å²) in [6, 6.07) is 25.7. The summed E-state index contributed by atoms with van der Waals surface area (Å²) in [7, 11) is 1.65. The molecule has 2 heterocycles. The van der Waals surface area contributed by atoms with Gasteiger partial charge in [-0.1, -0.05) is 41.9 Å². The molecule has 0 aliphatic carbocycles. The van der Waals surface area contributed by atoms with E-state index in [4.69, 9.17) is 16.3 Å². The maximum Gasteiger partial charge on any atom is 0.150 e. The lowest BCUT2D eigenvalue weighted by atomic mass is 10.1. The Balaban J connectivity index is 1.70. The average molecular weight is 427 g/mol. The molecule has 0 unspecified atom stereocenters. The quantitative estimate of drug-likeness (QED) is 0.349. The summed E-state index contributed by atoms with van der Waals surface area (Å²) in [5.41, 5.74) is 4.84. The predicted octanol–water partition coefficient (Wildman–Crippen LogP) is 6.49. The van der Waals surface area contributed by atoms with Gasteiger partial charge in [0.1, 0.15) is 17.9 Å². The first kappa shape index (κ1) is 19.2. The minimum absolute atomic E-state index is 0.694. The Morgan fingerprint density at radius 1 is 0.871 bits per heavy atom. The van der Waals surface area contributed by atoms with Crippen molar-refractivity contribution < 1.29 is 4.74 Å². The van der Waals surface area contributed by atoms with E-state index in [0.717, 1.165) is 45.1 Å². The van der Waals surface area contributed by atoms with Crippen molar-refractivity contribution in [2.24, 2.45) is 0 Å². The topological polar surface area (TPSA) is 52.0 Å². The maximum atomic E-state index is 6.10. The third kappa shape index (κ3) is 3.71. The molecule has 0 fully saturated rings. The van der Waals surface area contributed by atoms with E-state index in [-0.39, 0.29) is 0 Å². The second kappa shape index (κ2) is 8.13. The van der Waals surface area contributed by atoms with E-state index >= 15 is 0 Å². The van der Waals surface area contributed by atoms with Gasteiger partial charge >= 0.3 is 0 Å². The van der Waals surface area contributed by atoms with Crippen molar-refractivity contribution in [1.82, 2.24) is 14.5 Å². The first-order chi connectivity index (χ1) is 15.2. The molecule has 0 bridgehead atoms. The van der Waals surface area contributed by atoms with Crippen molar-refractivity contribution in [1.29, 1.82) is 0 Å². The Hall–Kier alpha value is -3.83. The normalized spacial score (nSPS) is 10.9. The molecule has 0 aliphatic rings. The first-order valence-corrected chi connectivity index (χ1v) is 10.2. The number of hydrogen-bond donors (Lipinski definition) is 1. The molecule has 5 aromatic rings. The van der Waals surface area contributed by atoms with E-state index in [0.29, 0.717) is 5.02 Å². The predicted molar refractivity (Wildman–Crippen MR) is 126 cm³/mol. The smallest absolute Gasteiger partial charge is 0.150 e. The van der Waals surface area contributed by atoms with Gasteiger partial charge in [-0.05, 0) is 54.1 Å². The standard InChI is InChI=1S/C25H19ClN4O/c1-31-21-13-9-19(10-14-21)29-24-23-22(17-5-3-2-4-6-17)15-30(25(23)28-16-27-24)20-11-7-18(26)8-12-20/h2-16H,1H3,(H,27,28,29). The number of anilines is 2. The molecule has 3 aromatic carbocycles. The molecule has 5 nitrogen and oxygen atoms in total. The largest absolute Gasteiger partial charge is 0.497 e. The zero-order valence-corrected chi connectivity index (χ0v) is 17.5. The lowest BCUT2D eigenvalue weighted by Crippen LogP contribution is -1.98. The van der Waals surface area contributed by atoms with Crippen LogP contribution >= 0.6 is 11.6 Å². The molecule has 0 atom stereocenters. The highest BCUT2D eigenvalue weighted by Crippen LogP contribution is 2.36. The molecular formula is C25H19ClN4O. The van der Waals surface area contributed by atoms with Gasteiger partial charge in [0.15, 0.2) is 5.65 Å². The van der Waals surface area contributed by atoms with E-state index in [1.165, 1.54) is 0 Å². The molecule has 0 amide bonds. The van der Waals surface area contributed by atoms with Crippen molar-refractivity contribution in [3.05, 3.63) is 96.4 Å². The molecule has 0 aliphatic heterocycles. The Bertz CT molecular complexity index is 1330. The van der Waals surface area contributed by atoms with Gasteiger partial charge in [0.05, 0.1) is 12.5 Å². The van der Waals surface area contributed by atoms with Crippen LogP contribution in [0.3, 0.4) is 0 Å². The number of nitrogens with zero attached hydrogens (tertiary/aromatic N) is 3. The number of benzene rings is 3. The molecule has 5 rings (SSSR count). The van der Waals surface area contributed by atoms with Crippen LogP contribution in [0.2, 0.25) is 5.02 Å². The molecule has 0 spiro atoms. The van der Waals surface area contributed by atoms with Gasteiger partial charge in [0, 0.05) is 28.2 Å². The van der Waals surface area contributed by atoms with E-state index < -0.39 is 0 Å². The van der Waals surface area contributed by atoms with Crippen LogP contribution in [0.5, 0.6) is 5.75 Å². The van der Waals surface area contributed by atoms with Gasteiger partial charge in [0.25, 0.3) is 0 Å². The van der Waals surface area contributed by atoms with Crippen molar-refractivity contribution >= 4 is 34.1 Å². The van der Waals surface area contributed by atoms with Crippen LogP contribution in [-0.4, -0.2) is 21.6 Å². The fourth-order valence-electron chi connectivity index (χ4n) is 3.60. The zero-order valence-electron chi connectivity index (χ0n) is 16.8. The second-order valence-corrected chi connectivity index (χ2v) is 7.47. The van der Waals surface area contributed by atoms with Gasteiger partial charge < -0.3 is 14.6 Å². The Morgan fingerprint density at radius 2 is 1.61 bits per heavy atom. The summed E-state index contributed by atoms with van der Waals surface area (Å²) < 4.78 is 7.33. The van der Waals surface area contributed by atoms with Gasteiger partial charge in [-0.25, -0.2) is 9.97 Å². The Labute approximate surface area is 184 Å². The van der Waals surface area contributed by atoms with Crippen molar-refractivity contribution in [3.63, 3.8) is 0 Å². The van der Waals surface area contributed by atoms with Gasteiger partial charge in [-0.2, -0.15) is 0 Å². The van der Waals surface area contributed by atoms with Crippen LogP contribution in [0.4, 0.5) is 11.5 Å². The summed E-state index contributed by atoms with van der Waals surface area (Å²) in [5, 5.41) is 5.08. The fourth-order valence-corrected chi connectivity index (χ4v) is 3.73. The summed E-state index contributed by atoms with van der Waals surface area (Å²) >= 11 is 6.10. The molecular weight excluding hydrogens is 408 g/mol. The molecule has 31 heavy (non-hydrogen) atoms. The minimum Gasteiger partial charge on any atom is -0.497 e. The molecule has 0 saturated carbocycles. The highest BCUT2D eigenvalue weighted by atomic mass is 35.5. The lowest BCUT2D eigenvalue weighted by Gasteiger charge is -2.09. The maximum absolute atomic E-state index is 6.10. The zero-order chi connectivity index (χ0) is 21.2. The summed E-state index contributed by atoms with van der Waals surface area (Å²) in [4.78, 5) is 9.18. The molecule has 0 radical (unpaired) electrons. The molecule has 152 valence electrons. The monoisotopic (exact) mass is 426 g/mol. The Kier molecular flexibility index (Phi) is 5.02. The number of hydrogen-bond acceptors (Lipinski definition) is 4. The summed E-state index contributed by atoms with van der Waals surface area (Å²) in [5.74, 6) is 1.54. The van der Waals surface area contributed by atoms with Crippen molar-refractivity contribution in [2.75, 3.05) is 12.4 Å². The number of aromatic nitrogens is 3. The van der Waals surface area contributed by atoms with E-state index in [1.54, 1.807) is 13.4 Å². The molecule has 6 heteroatoms. The molecule has 0 saturated heterocycles. The third-order valence-corrected chi connectivity index (χ3v) is 5.38. The number of ether oxygens (including phenoxy) is 1. The molecule has 1 N–H and O–H groups in total. The third-order valence-electron chi connectivity index (χ3n) is 5.13. The van der Waals surface area contributed by atoms with Crippen LogP contribution in [0.15, 0.2) is 91.4 Å². The van der Waals surface area contributed by atoms with Crippen LogP contribution < -0.4 is 10.1 Å². The van der Waals surface area contributed by atoms with Gasteiger partial charge in [-0.3, -0.25) is 0 Å². The second-order valence-electron chi connectivity index (χ2n) is 7.03. The van der Waals surface area contributed by atoms with E-state index in [9.17, 15) is 0 Å². The van der Waals surface area contributed by atoms with Crippen molar-refractivity contribution in [3.8, 4) is 22.6 Å². The van der Waals surface area contributed by atoms with E-state index in [1.807, 2.05) is 66.7 Å². The van der Waals surface area contributed by atoms with Crippen LogP contribution in [-0.2, 0) is 0 Å². The fraction of sp³-hybridized carbons (Fsp3) is 0.0400. The van der Waals surface area contributed by atoms with Crippen molar-refractivity contribution in [2.45, 2.75) is 0 Å². The highest BCUT2D eigenvalue weighted by molar-refractivity contribution is 6.30. The SMILES string of the molecule is COc1ccc(Nc2ncnc3c2c(-c2ccccc2)cn3-c2ccc(Cl)cc2)cc1. The number of rotatable bonds is 5. The first-order valence-electron chi connectivity index (χ1n) is 9.81. The number of halogens is 1. The summed E-state index contributed by atoms with van der Waals surface area (Å²) in [6.07, 6.45) is 3.67. The lowest BCUT2D eigenvalue weighted by molar-refractivity contribution is 0.415. The van der Waals surface area contributed by atoms with Crippen LogP contribution in [0.25, 0.3) is 27.8 Å². The van der Waals surface area contributed by atoms with Crippen LogP contribution in [0.1, 0.15) is 0 Å². The van der Waals surface area contributed by atoms with E-state index in [2.05, 4.69) is 38.2 Å². The highest BCUT2D eigenvalue weighted by Gasteiger charge is 2.17. The average Bonchev–Trinajstić information content (AvgIpc) is 3.21. The minimum atomic E-state index is 0.694. The van der Waals surface area contributed by atoms with Gasteiger partial charge in [-0.15, -0.1) is 0 Å². The Morgan fingerprint density at radius 3 is 2.32 bits per heavy atom. The van der Waals surface area contributed by atoms with Crippen LogP contribution in [0, 0.1) is 0 Å². The van der Waals surface area contributed by atoms with Gasteiger partial charge in [0.2, 0.25) is 0 Å². The molecule has 2 aromatic heterocycles. The number of fused-ring (bicyclic) bond motifs is 1. The number of nitrogens with one attached hydrogen (secondary N) is 1.